The van der Waals surface area contributed by atoms with E-state index in [-0.39, 0.29) is 0 Å². The van der Waals surface area contributed by atoms with Gasteiger partial charge in [0.05, 0.1) is 0 Å². The molecule has 0 bridgehead atoms. The van der Waals surface area contributed by atoms with Crippen LogP contribution in [0.2, 0.25) is 0 Å². The Bertz CT molecular complexity index is 608. The van der Waals surface area contributed by atoms with Crippen LogP contribution >= 0.6 is 0 Å². The highest BCUT2D eigenvalue weighted by Crippen LogP contribution is 2.55. The summed E-state index contributed by atoms with van der Waals surface area (Å²) >= 11 is 0. The summed E-state index contributed by atoms with van der Waals surface area (Å²) in [6.07, 6.45) is 9.02. The van der Waals surface area contributed by atoms with Gasteiger partial charge < -0.3 is 5.32 Å². The number of hydrogen-bond acceptors (Lipinski definition) is 2. The van der Waals surface area contributed by atoms with E-state index in [1.807, 2.05) is 18.5 Å². The molecule has 102 valence electrons. The second-order valence-electron chi connectivity index (χ2n) is 6.17. The number of benzene rings is 1. The van der Waals surface area contributed by atoms with Crippen molar-refractivity contribution >= 4 is 0 Å². The van der Waals surface area contributed by atoms with Crippen LogP contribution in [0.4, 0.5) is 0 Å². The molecule has 1 N–H and O–H groups in total. The van der Waals surface area contributed by atoms with Gasteiger partial charge in [-0.2, -0.15) is 0 Å². The summed E-state index contributed by atoms with van der Waals surface area (Å²) in [7, 11) is 0. The minimum absolute atomic E-state index is 0.428. The van der Waals surface area contributed by atoms with Crippen LogP contribution in [-0.4, -0.2) is 11.0 Å². The van der Waals surface area contributed by atoms with Gasteiger partial charge in [0, 0.05) is 30.4 Å². The Morgan fingerprint density at radius 1 is 1.20 bits per heavy atom. The number of nitrogens with one attached hydrogen (secondary N) is 1. The molecule has 4 rings (SSSR count). The summed E-state index contributed by atoms with van der Waals surface area (Å²) < 4.78 is 0. The van der Waals surface area contributed by atoms with Crippen molar-refractivity contribution in [3.8, 4) is 0 Å². The molecule has 0 saturated heterocycles. The van der Waals surface area contributed by atoms with E-state index in [0.29, 0.717) is 11.5 Å². The first-order valence-electron chi connectivity index (χ1n) is 7.59. The van der Waals surface area contributed by atoms with E-state index in [2.05, 4.69) is 40.6 Å². The topological polar surface area (TPSA) is 24.9 Å². The monoisotopic (exact) mass is 264 g/mol. The molecule has 1 heterocycles. The van der Waals surface area contributed by atoms with Crippen molar-refractivity contribution in [1.82, 2.24) is 10.3 Å². The highest BCUT2D eigenvalue weighted by molar-refractivity contribution is 5.44. The normalized spacial score (nSPS) is 27.3. The molecule has 2 aliphatic carbocycles. The molecule has 2 heteroatoms. The predicted molar refractivity (Wildman–Crippen MR) is 80.5 cm³/mol. The van der Waals surface area contributed by atoms with Gasteiger partial charge in [-0.1, -0.05) is 30.3 Å². The second-order valence-corrected chi connectivity index (χ2v) is 6.17. The Hall–Kier alpha value is -1.67. The smallest absolute Gasteiger partial charge is 0.0312 e. The van der Waals surface area contributed by atoms with E-state index < -0.39 is 0 Å². The van der Waals surface area contributed by atoms with Crippen molar-refractivity contribution in [3.05, 3.63) is 65.5 Å². The third-order valence-corrected chi connectivity index (χ3v) is 4.97. The molecule has 20 heavy (non-hydrogen) atoms. The van der Waals surface area contributed by atoms with Crippen molar-refractivity contribution in [2.24, 2.45) is 0 Å². The summed E-state index contributed by atoms with van der Waals surface area (Å²) in [6, 6.07) is 13.8. The Kier molecular flexibility index (Phi) is 2.85. The average Bonchev–Trinajstić information content (AvgIpc) is 3.20. The zero-order chi connectivity index (χ0) is 13.4. The quantitative estimate of drug-likeness (QED) is 0.920. The molecule has 1 aromatic heterocycles. The molecular weight excluding hydrogens is 244 g/mol. The van der Waals surface area contributed by atoms with Crippen LogP contribution in [0, 0.1) is 0 Å². The van der Waals surface area contributed by atoms with Crippen molar-refractivity contribution in [1.29, 1.82) is 0 Å². The fraction of sp³-hybridized carbons (Fsp3) is 0.389. The molecule has 1 saturated carbocycles. The summed E-state index contributed by atoms with van der Waals surface area (Å²) in [5.41, 5.74) is 4.88. The van der Waals surface area contributed by atoms with Gasteiger partial charge in [0.25, 0.3) is 0 Å². The van der Waals surface area contributed by atoms with Gasteiger partial charge in [-0.25, -0.2) is 0 Å². The lowest BCUT2D eigenvalue weighted by molar-refractivity contribution is 0.492. The van der Waals surface area contributed by atoms with Crippen molar-refractivity contribution in [2.45, 2.75) is 43.7 Å². The summed E-state index contributed by atoms with van der Waals surface area (Å²) in [5, 5.41) is 3.73. The number of hydrogen-bond donors (Lipinski definition) is 1. The molecule has 0 radical (unpaired) electrons. The number of fused-ring (bicyclic) bond motifs is 2. The fourth-order valence-corrected chi connectivity index (χ4v) is 3.84. The number of nitrogens with zero attached hydrogens (tertiary/aromatic N) is 1. The van der Waals surface area contributed by atoms with Crippen LogP contribution in [0.15, 0.2) is 48.8 Å². The Morgan fingerprint density at radius 2 is 2.15 bits per heavy atom. The van der Waals surface area contributed by atoms with Crippen molar-refractivity contribution < 1.29 is 0 Å². The number of aromatic nitrogens is 1. The van der Waals surface area contributed by atoms with Crippen LogP contribution in [0.3, 0.4) is 0 Å². The van der Waals surface area contributed by atoms with Crippen molar-refractivity contribution in [2.75, 3.05) is 0 Å². The van der Waals surface area contributed by atoms with Crippen LogP contribution < -0.4 is 5.32 Å². The zero-order valence-corrected chi connectivity index (χ0v) is 11.7. The molecule has 1 spiro atoms. The van der Waals surface area contributed by atoms with Crippen LogP contribution in [-0.2, 0) is 18.4 Å². The molecule has 1 fully saturated rings. The number of rotatable bonds is 3. The molecule has 1 aromatic carbocycles. The van der Waals surface area contributed by atoms with E-state index in [4.69, 9.17) is 0 Å². The third-order valence-electron chi connectivity index (χ3n) is 4.97. The highest BCUT2D eigenvalue weighted by atomic mass is 15.0. The molecule has 0 amide bonds. The van der Waals surface area contributed by atoms with E-state index in [0.717, 1.165) is 6.54 Å². The van der Waals surface area contributed by atoms with Gasteiger partial charge in [-0.15, -0.1) is 0 Å². The van der Waals surface area contributed by atoms with Gasteiger partial charge in [0.1, 0.15) is 0 Å². The fourth-order valence-electron chi connectivity index (χ4n) is 3.84. The average molecular weight is 264 g/mol. The van der Waals surface area contributed by atoms with E-state index in [1.165, 1.54) is 31.2 Å². The first-order valence-corrected chi connectivity index (χ1v) is 7.59. The Morgan fingerprint density at radius 3 is 3.05 bits per heavy atom. The number of pyridine rings is 1. The Labute approximate surface area is 120 Å². The minimum atomic E-state index is 0.428. The molecule has 2 aliphatic rings. The van der Waals surface area contributed by atoms with Gasteiger partial charge in [-0.05, 0) is 48.4 Å². The van der Waals surface area contributed by atoms with Gasteiger partial charge in [0.15, 0.2) is 0 Å². The lowest BCUT2D eigenvalue weighted by atomic mass is 9.79. The van der Waals surface area contributed by atoms with E-state index >= 15 is 0 Å². The largest absolute Gasteiger partial charge is 0.309 e. The minimum Gasteiger partial charge on any atom is -0.309 e. The maximum atomic E-state index is 4.18. The van der Waals surface area contributed by atoms with Crippen LogP contribution in [0.25, 0.3) is 0 Å². The first-order chi connectivity index (χ1) is 9.88. The second kappa shape index (κ2) is 4.71. The molecule has 2 nitrogen and oxygen atoms in total. The molecule has 2 atom stereocenters. The first kappa shape index (κ1) is 12.1. The molecule has 0 aliphatic heterocycles. The van der Waals surface area contributed by atoms with Gasteiger partial charge >= 0.3 is 0 Å². The third kappa shape index (κ3) is 1.95. The maximum absolute atomic E-state index is 4.18. The zero-order valence-electron chi connectivity index (χ0n) is 11.7. The summed E-state index contributed by atoms with van der Waals surface area (Å²) in [5.74, 6) is 0. The van der Waals surface area contributed by atoms with Crippen molar-refractivity contribution in [3.63, 3.8) is 0 Å². The van der Waals surface area contributed by atoms with E-state index in [1.54, 1.807) is 11.1 Å². The Balaban J connectivity index is 1.50. The number of aryl methyl sites for hydroxylation is 1. The summed E-state index contributed by atoms with van der Waals surface area (Å²) in [6.45, 7) is 0.933. The molecule has 2 unspecified atom stereocenters. The van der Waals surface area contributed by atoms with E-state index in [9.17, 15) is 0 Å². The lowest BCUT2D eigenvalue weighted by Gasteiger charge is -2.26. The predicted octanol–water partition coefficient (Wildman–Crippen LogP) is 3.22. The standard InChI is InChI=1S/C18H20N2/c1-2-8-16-15(6-1)7-3-9-18(16)11-17(18)20-13-14-5-4-10-19-12-14/h1-2,4-6,8,10,12,17,20H,3,7,9,11,13H2. The lowest BCUT2D eigenvalue weighted by Crippen LogP contribution is -2.28. The van der Waals surface area contributed by atoms with Crippen LogP contribution in [0.1, 0.15) is 36.0 Å². The van der Waals surface area contributed by atoms with Crippen LogP contribution in [0.5, 0.6) is 0 Å². The van der Waals surface area contributed by atoms with Gasteiger partial charge in [0.2, 0.25) is 0 Å². The highest BCUT2D eigenvalue weighted by Gasteiger charge is 2.56. The SMILES string of the molecule is c1cncc(CNC2CC23CCCc2ccccc23)c1. The maximum Gasteiger partial charge on any atom is 0.0312 e. The molecular formula is C18H20N2. The molecule has 2 aromatic rings. The van der Waals surface area contributed by atoms with Gasteiger partial charge in [-0.3, -0.25) is 4.98 Å². The summed E-state index contributed by atoms with van der Waals surface area (Å²) in [4.78, 5) is 4.18.